The number of nitrogens with zero attached hydrogens (tertiary/aromatic N) is 1. The summed E-state index contributed by atoms with van der Waals surface area (Å²) in [7, 11) is 0. The van der Waals surface area contributed by atoms with Crippen molar-refractivity contribution in [2.75, 3.05) is 5.32 Å². The Balaban J connectivity index is 2.07. The van der Waals surface area contributed by atoms with Crippen LogP contribution in [0.3, 0.4) is 0 Å². The Morgan fingerprint density at radius 1 is 1.23 bits per heavy atom. The molecule has 3 rings (SSSR count). The first-order valence-electron chi connectivity index (χ1n) is 7.56. The van der Waals surface area contributed by atoms with E-state index in [2.05, 4.69) is 16.0 Å². The summed E-state index contributed by atoms with van der Waals surface area (Å²) in [5.74, 6) is 0.566. The molecule has 0 fully saturated rings. The van der Waals surface area contributed by atoms with E-state index in [1.807, 2.05) is 52.8 Å². The van der Waals surface area contributed by atoms with Gasteiger partial charge in [0.05, 0.1) is 6.54 Å². The van der Waals surface area contributed by atoms with Crippen molar-refractivity contribution in [3.05, 3.63) is 46.6 Å². The molecule has 0 saturated carbocycles. The number of benzene rings is 1. The van der Waals surface area contributed by atoms with Gasteiger partial charge in [0.1, 0.15) is 17.0 Å². The number of rotatable bonds is 1. The lowest BCUT2D eigenvalue weighted by Crippen LogP contribution is -2.25. The van der Waals surface area contributed by atoms with Crippen molar-refractivity contribution in [1.29, 1.82) is 0 Å². The van der Waals surface area contributed by atoms with Crippen molar-refractivity contribution >= 4 is 17.5 Å². The number of carbonyl (C=O) groups is 1. The van der Waals surface area contributed by atoms with E-state index in [1.54, 1.807) is 0 Å². The van der Waals surface area contributed by atoms with Crippen molar-refractivity contribution in [3.63, 3.8) is 0 Å². The summed E-state index contributed by atoms with van der Waals surface area (Å²) in [6.45, 7) is 10.5. The van der Waals surface area contributed by atoms with Crippen LogP contribution in [0.4, 0.5) is 11.5 Å². The molecule has 2 heterocycles. The lowest BCUT2D eigenvalue weighted by molar-refractivity contribution is 0.00700. The molecule has 0 amide bonds. The number of carbonyl (C=O) groups excluding carboxylic acids is 1. The zero-order valence-electron chi connectivity index (χ0n) is 13.8. The standard InChI is InChI=1S/C18H22N2O2/c1-11-12(2)20-10-13-8-6-7-9-14(13)19-16(20)15(11)17(21)22-18(3,4)5/h6-9,19H,10H2,1-5H3. The molecule has 0 aliphatic carbocycles. The van der Waals surface area contributed by atoms with Crippen molar-refractivity contribution in [2.24, 2.45) is 0 Å². The van der Waals surface area contributed by atoms with Gasteiger partial charge in [-0.05, 0) is 51.8 Å². The van der Waals surface area contributed by atoms with E-state index in [-0.39, 0.29) is 5.97 Å². The Morgan fingerprint density at radius 3 is 2.59 bits per heavy atom. The summed E-state index contributed by atoms with van der Waals surface area (Å²) in [5.41, 5.74) is 4.49. The number of hydrogen-bond acceptors (Lipinski definition) is 3. The first-order valence-corrected chi connectivity index (χ1v) is 7.56. The second-order valence-electron chi connectivity index (χ2n) is 6.80. The molecule has 1 aromatic heterocycles. The molecule has 4 heteroatoms. The lowest BCUT2D eigenvalue weighted by atomic mass is 10.1. The van der Waals surface area contributed by atoms with Crippen molar-refractivity contribution in [2.45, 2.75) is 46.8 Å². The number of ether oxygens (including phenoxy) is 1. The fourth-order valence-corrected chi connectivity index (χ4v) is 2.85. The molecule has 0 spiro atoms. The van der Waals surface area contributed by atoms with Crippen LogP contribution in [0.2, 0.25) is 0 Å². The number of hydrogen-bond donors (Lipinski definition) is 1. The number of anilines is 2. The van der Waals surface area contributed by atoms with Gasteiger partial charge in [0.2, 0.25) is 0 Å². The van der Waals surface area contributed by atoms with Crippen LogP contribution in [0.5, 0.6) is 0 Å². The van der Waals surface area contributed by atoms with Gasteiger partial charge in [-0.3, -0.25) is 0 Å². The van der Waals surface area contributed by atoms with E-state index in [0.29, 0.717) is 5.56 Å². The zero-order valence-corrected chi connectivity index (χ0v) is 13.8. The van der Waals surface area contributed by atoms with E-state index in [1.165, 1.54) is 5.56 Å². The van der Waals surface area contributed by atoms with Crippen LogP contribution in [0, 0.1) is 13.8 Å². The zero-order chi connectivity index (χ0) is 16.1. The fraction of sp³-hybridized carbons (Fsp3) is 0.389. The Morgan fingerprint density at radius 2 is 1.91 bits per heavy atom. The summed E-state index contributed by atoms with van der Waals surface area (Å²) in [6.07, 6.45) is 0. The predicted octanol–water partition coefficient (Wildman–Crippen LogP) is 4.17. The number of nitrogens with one attached hydrogen (secondary N) is 1. The van der Waals surface area contributed by atoms with Crippen molar-refractivity contribution in [1.82, 2.24) is 4.57 Å². The van der Waals surface area contributed by atoms with Gasteiger partial charge in [-0.15, -0.1) is 0 Å². The highest BCUT2D eigenvalue weighted by atomic mass is 16.6. The Hall–Kier alpha value is -2.23. The van der Waals surface area contributed by atoms with Crippen LogP contribution in [0.25, 0.3) is 0 Å². The van der Waals surface area contributed by atoms with E-state index < -0.39 is 5.60 Å². The first kappa shape index (κ1) is 14.7. The second kappa shape index (κ2) is 4.90. The molecule has 2 aromatic rings. The molecular formula is C18H22N2O2. The van der Waals surface area contributed by atoms with Gasteiger partial charge in [-0.2, -0.15) is 0 Å². The summed E-state index contributed by atoms with van der Waals surface area (Å²) in [6, 6.07) is 8.17. The molecule has 0 unspecified atom stereocenters. The number of fused-ring (bicyclic) bond motifs is 2. The molecule has 0 atom stereocenters. The van der Waals surface area contributed by atoms with Gasteiger partial charge < -0.3 is 14.6 Å². The van der Waals surface area contributed by atoms with Gasteiger partial charge >= 0.3 is 5.97 Å². The number of aromatic nitrogens is 1. The lowest BCUT2D eigenvalue weighted by Gasteiger charge is -2.24. The van der Waals surface area contributed by atoms with E-state index in [9.17, 15) is 4.79 Å². The summed E-state index contributed by atoms with van der Waals surface area (Å²) < 4.78 is 7.73. The molecular weight excluding hydrogens is 276 g/mol. The summed E-state index contributed by atoms with van der Waals surface area (Å²) >= 11 is 0. The van der Waals surface area contributed by atoms with Crippen LogP contribution < -0.4 is 5.32 Å². The third kappa shape index (κ3) is 2.39. The van der Waals surface area contributed by atoms with Gasteiger partial charge in [-0.1, -0.05) is 18.2 Å². The third-order valence-corrected chi connectivity index (χ3v) is 4.03. The monoisotopic (exact) mass is 298 g/mol. The fourth-order valence-electron chi connectivity index (χ4n) is 2.85. The van der Waals surface area contributed by atoms with E-state index in [0.717, 1.165) is 29.3 Å². The van der Waals surface area contributed by atoms with E-state index >= 15 is 0 Å². The van der Waals surface area contributed by atoms with E-state index in [4.69, 9.17) is 4.74 Å². The highest BCUT2D eigenvalue weighted by Crippen LogP contribution is 2.36. The van der Waals surface area contributed by atoms with Crippen LogP contribution >= 0.6 is 0 Å². The highest BCUT2D eigenvalue weighted by molar-refractivity contribution is 5.99. The largest absolute Gasteiger partial charge is 0.456 e. The topological polar surface area (TPSA) is 43.3 Å². The van der Waals surface area contributed by atoms with Crippen LogP contribution in [0.1, 0.15) is 48.0 Å². The molecule has 1 N–H and O–H groups in total. The Kier molecular flexibility index (Phi) is 3.28. The van der Waals surface area contributed by atoms with Crippen molar-refractivity contribution < 1.29 is 9.53 Å². The van der Waals surface area contributed by atoms with Crippen LogP contribution in [-0.2, 0) is 11.3 Å². The van der Waals surface area contributed by atoms with Gasteiger partial charge in [0, 0.05) is 11.4 Å². The van der Waals surface area contributed by atoms with Gasteiger partial charge in [0.15, 0.2) is 0 Å². The molecule has 1 aromatic carbocycles. The minimum Gasteiger partial charge on any atom is -0.456 e. The smallest absolute Gasteiger partial charge is 0.342 e. The van der Waals surface area contributed by atoms with Crippen LogP contribution in [0.15, 0.2) is 24.3 Å². The molecule has 1 aliphatic heterocycles. The maximum absolute atomic E-state index is 12.6. The van der Waals surface area contributed by atoms with Crippen molar-refractivity contribution in [3.8, 4) is 0 Å². The third-order valence-electron chi connectivity index (χ3n) is 4.03. The second-order valence-corrected chi connectivity index (χ2v) is 6.80. The molecule has 0 radical (unpaired) electrons. The molecule has 0 saturated heterocycles. The van der Waals surface area contributed by atoms with Gasteiger partial charge in [-0.25, -0.2) is 4.79 Å². The Bertz CT molecular complexity index is 751. The maximum atomic E-state index is 12.6. The number of esters is 1. The quantitative estimate of drug-likeness (QED) is 0.686. The normalized spacial score (nSPS) is 13.1. The summed E-state index contributed by atoms with van der Waals surface area (Å²) in [4.78, 5) is 12.6. The highest BCUT2D eigenvalue weighted by Gasteiger charge is 2.29. The Labute approximate surface area is 131 Å². The minimum absolute atomic E-state index is 0.270. The average molecular weight is 298 g/mol. The molecule has 0 bridgehead atoms. The number of para-hydroxylation sites is 1. The minimum atomic E-state index is -0.501. The van der Waals surface area contributed by atoms with Gasteiger partial charge in [0.25, 0.3) is 0 Å². The molecule has 116 valence electrons. The molecule has 1 aliphatic rings. The maximum Gasteiger partial charge on any atom is 0.342 e. The first-order chi connectivity index (χ1) is 10.3. The molecule has 4 nitrogen and oxygen atoms in total. The van der Waals surface area contributed by atoms with Crippen LogP contribution in [-0.4, -0.2) is 16.1 Å². The predicted molar refractivity (Wildman–Crippen MR) is 87.9 cm³/mol. The average Bonchev–Trinajstić information content (AvgIpc) is 2.66. The SMILES string of the molecule is Cc1c(C(=O)OC(C)(C)C)c2n(c1C)Cc1ccccc1N2. The molecule has 22 heavy (non-hydrogen) atoms. The summed E-state index contributed by atoms with van der Waals surface area (Å²) in [5, 5.41) is 3.40.